The molecule has 1 aliphatic carbocycles. The van der Waals surface area contributed by atoms with Gasteiger partial charge in [-0.3, -0.25) is 14.5 Å². The molecule has 0 aliphatic heterocycles. The first-order chi connectivity index (χ1) is 6.99. The first-order valence-electron chi connectivity index (χ1n) is 4.85. The number of hydrogen-bond acceptors (Lipinski definition) is 3. The van der Waals surface area contributed by atoms with Crippen molar-refractivity contribution in [2.24, 2.45) is 0 Å². The van der Waals surface area contributed by atoms with Crippen LogP contribution in [0.3, 0.4) is 0 Å². The highest BCUT2D eigenvalue weighted by Crippen LogP contribution is 2.32. The number of Topliss-reactive ketones (excluding diaryl/α,β-unsaturated/α-hetero) is 2. The molecule has 78 valence electrons. The zero-order valence-corrected chi connectivity index (χ0v) is 9.07. The second-order valence-corrected chi connectivity index (χ2v) is 4.17. The first kappa shape index (κ1) is 10.1. The van der Waals surface area contributed by atoms with Crippen LogP contribution in [0.5, 0.6) is 0 Å². The SMILES string of the molecule is CN(C)C1(C)C(=O)c2ccccc2C1=O. The van der Waals surface area contributed by atoms with Crippen molar-refractivity contribution in [3.63, 3.8) is 0 Å². The van der Waals surface area contributed by atoms with Gasteiger partial charge in [-0.1, -0.05) is 24.3 Å². The van der Waals surface area contributed by atoms with Crippen LogP contribution in [0.1, 0.15) is 27.6 Å². The van der Waals surface area contributed by atoms with E-state index < -0.39 is 5.54 Å². The Morgan fingerprint density at radius 1 is 1.00 bits per heavy atom. The Morgan fingerprint density at radius 3 is 1.73 bits per heavy atom. The van der Waals surface area contributed by atoms with Crippen LogP contribution < -0.4 is 0 Å². The Balaban J connectivity index is 2.65. The van der Waals surface area contributed by atoms with E-state index in [-0.39, 0.29) is 11.6 Å². The van der Waals surface area contributed by atoms with Crippen molar-refractivity contribution >= 4 is 11.6 Å². The summed E-state index contributed by atoms with van der Waals surface area (Å²) < 4.78 is 0. The van der Waals surface area contributed by atoms with Crippen LogP contribution in [0.25, 0.3) is 0 Å². The maximum atomic E-state index is 12.1. The van der Waals surface area contributed by atoms with Crippen LogP contribution in [0.15, 0.2) is 24.3 Å². The summed E-state index contributed by atoms with van der Waals surface area (Å²) in [6, 6.07) is 6.99. The molecule has 0 N–H and O–H groups in total. The predicted molar refractivity (Wildman–Crippen MR) is 57.2 cm³/mol. The van der Waals surface area contributed by atoms with Gasteiger partial charge in [0.15, 0.2) is 11.6 Å². The van der Waals surface area contributed by atoms with E-state index in [1.54, 1.807) is 50.2 Å². The Morgan fingerprint density at radius 2 is 1.40 bits per heavy atom. The number of carbonyl (C=O) groups is 2. The van der Waals surface area contributed by atoms with Gasteiger partial charge < -0.3 is 0 Å². The molecular formula is C12H13NO2. The Bertz CT molecular complexity index is 414. The molecule has 0 saturated heterocycles. The minimum Gasteiger partial charge on any atom is -0.292 e. The maximum Gasteiger partial charge on any atom is 0.191 e. The minimum atomic E-state index is -1.02. The lowest BCUT2D eigenvalue weighted by Crippen LogP contribution is -2.50. The molecule has 0 spiro atoms. The van der Waals surface area contributed by atoms with E-state index in [0.29, 0.717) is 11.1 Å². The molecule has 2 rings (SSSR count). The van der Waals surface area contributed by atoms with Crippen molar-refractivity contribution in [2.75, 3.05) is 14.1 Å². The fourth-order valence-electron chi connectivity index (χ4n) is 1.91. The van der Waals surface area contributed by atoms with Crippen molar-refractivity contribution in [3.05, 3.63) is 35.4 Å². The van der Waals surface area contributed by atoms with Crippen LogP contribution in [-0.2, 0) is 0 Å². The molecule has 3 nitrogen and oxygen atoms in total. The molecule has 0 heterocycles. The highest BCUT2D eigenvalue weighted by molar-refractivity contribution is 6.32. The normalized spacial score (nSPS) is 18.4. The average Bonchev–Trinajstić information content (AvgIpc) is 2.43. The molecule has 0 bridgehead atoms. The second-order valence-electron chi connectivity index (χ2n) is 4.17. The fraction of sp³-hybridized carbons (Fsp3) is 0.333. The molecule has 0 saturated carbocycles. The second kappa shape index (κ2) is 3.00. The summed E-state index contributed by atoms with van der Waals surface area (Å²) in [5, 5.41) is 0. The molecule has 0 atom stereocenters. The van der Waals surface area contributed by atoms with Gasteiger partial charge in [0.2, 0.25) is 0 Å². The molecule has 3 heteroatoms. The largest absolute Gasteiger partial charge is 0.292 e. The van der Waals surface area contributed by atoms with E-state index in [1.165, 1.54) is 0 Å². The topological polar surface area (TPSA) is 37.4 Å². The molecule has 1 aliphatic rings. The number of carbonyl (C=O) groups excluding carboxylic acids is 2. The van der Waals surface area contributed by atoms with E-state index in [0.717, 1.165) is 0 Å². The van der Waals surface area contributed by atoms with Crippen molar-refractivity contribution < 1.29 is 9.59 Å². The monoisotopic (exact) mass is 203 g/mol. The summed E-state index contributed by atoms with van der Waals surface area (Å²) in [5.41, 5.74) is 0.0568. The van der Waals surface area contributed by atoms with Gasteiger partial charge in [-0.2, -0.15) is 0 Å². The number of benzene rings is 1. The van der Waals surface area contributed by atoms with Gasteiger partial charge in [-0.05, 0) is 21.0 Å². The predicted octanol–water partition coefficient (Wildman–Crippen LogP) is 1.39. The minimum absolute atomic E-state index is 0.104. The fourth-order valence-corrected chi connectivity index (χ4v) is 1.91. The molecule has 0 amide bonds. The van der Waals surface area contributed by atoms with Gasteiger partial charge >= 0.3 is 0 Å². The molecule has 0 unspecified atom stereocenters. The van der Waals surface area contributed by atoms with E-state index in [9.17, 15) is 9.59 Å². The summed E-state index contributed by atoms with van der Waals surface area (Å²) >= 11 is 0. The van der Waals surface area contributed by atoms with Crippen molar-refractivity contribution in [1.29, 1.82) is 0 Å². The van der Waals surface area contributed by atoms with Gasteiger partial charge in [0.1, 0.15) is 5.54 Å². The lowest BCUT2D eigenvalue weighted by Gasteiger charge is -2.28. The van der Waals surface area contributed by atoms with Crippen LogP contribution in [0, 0.1) is 0 Å². The quantitative estimate of drug-likeness (QED) is 0.647. The third-order valence-electron chi connectivity index (χ3n) is 3.20. The zero-order chi connectivity index (χ0) is 11.2. The number of rotatable bonds is 1. The van der Waals surface area contributed by atoms with Crippen LogP contribution in [0.2, 0.25) is 0 Å². The summed E-state index contributed by atoms with van der Waals surface area (Å²) in [7, 11) is 3.50. The van der Waals surface area contributed by atoms with Crippen LogP contribution in [-0.4, -0.2) is 36.1 Å². The number of nitrogens with zero attached hydrogens (tertiary/aromatic N) is 1. The molecule has 0 aromatic heterocycles. The maximum absolute atomic E-state index is 12.1. The zero-order valence-electron chi connectivity index (χ0n) is 9.07. The van der Waals surface area contributed by atoms with Crippen molar-refractivity contribution in [3.8, 4) is 0 Å². The molecule has 1 aromatic carbocycles. The Kier molecular flexibility index (Phi) is 2.01. The lowest BCUT2D eigenvalue weighted by atomic mass is 9.95. The van der Waals surface area contributed by atoms with E-state index >= 15 is 0 Å². The first-order valence-corrected chi connectivity index (χ1v) is 4.85. The third-order valence-corrected chi connectivity index (χ3v) is 3.20. The lowest BCUT2D eigenvalue weighted by molar-refractivity contribution is 0.0637. The van der Waals surface area contributed by atoms with Gasteiger partial charge in [0.05, 0.1) is 0 Å². The molecule has 1 aromatic rings. The van der Waals surface area contributed by atoms with Crippen LogP contribution in [0.4, 0.5) is 0 Å². The molecule has 0 fully saturated rings. The summed E-state index contributed by atoms with van der Waals surface area (Å²) in [6.07, 6.45) is 0. The van der Waals surface area contributed by atoms with Gasteiger partial charge in [0, 0.05) is 11.1 Å². The number of hydrogen-bond donors (Lipinski definition) is 0. The van der Waals surface area contributed by atoms with Crippen molar-refractivity contribution in [1.82, 2.24) is 4.90 Å². The van der Waals surface area contributed by atoms with Crippen molar-refractivity contribution in [2.45, 2.75) is 12.5 Å². The van der Waals surface area contributed by atoms with Gasteiger partial charge in [0.25, 0.3) is 0 Å². The Labute approximate surface area is 88.7 Å². The molecular weight excluding hydrogens is 190 g/mol. The van der Waals surface area contributed by atoms with Gasteiger partial charge in [-0.25, -0.2) is 0 Å². The molecule has 0 radical (unpaired) electrons. The summed E-state index contributed by atoms with van der Waals surface area (Å²) in [5.74, 6) is -0.207. The highest BCUT2D eigenvalue weighted by Gasteiger charge is 2.50. The number of fused-ring (bicyclic) bond motifs is 1. The van der Waals surface area contributed by atoms with Crippen LogP contribution >= 0.6 is 0 Å². The third kappa shape index (κ3) is 1.10. The standard InChI is InChI=1S/C12H13NO2/c1-12(13(2)3)10(14)8-6-4-5-7-9(8)11(12)15/h4-7H,1-3H3. The number of ketones is 2. The summed E-state index contributed by atoms with van der Waals surface area (Å²) in [6.45, 7) is 1.68. The van der Waals surface area contributed by atoms with Gasteiger partial charge in [-0.15, -0.1) is 0 Å². The number of likely N-dealkylation sites (N-methyl/N-ethyl adjacent to an activating group) is 1. The van der Waals surface area contributed by atoms with E-state index in [1.807, 2.05) is 0 Å². The highest BCUT2D eigenvalue weighted by atomic mass is 16.2. The smallest absolute Gasteiger partial charge is 0.191 e. The molecule has 15 heavy (non-hydrogen) atoms. The van der Waals surface area contributed by atoms with E-state index in [2.05, 4.69) is 0 Å². The summed E-state index contributed by atoms with van der Waals surface area (Å²) in [4.78, 5) is 25.9. The average molecular weight is 203 g/mol. The van der Waals surface area contributed by atoms with E-state index in [4.69, 9.17) is 0 Å². The Hall–Kier alpha value is -1.48.